The molecule has 2 aromatic carbocycles. The molecule has 36 heavy (non-hydrogen) atoms. The van der Waals surface area contributed by atoms with E-state index < -0.39 is 28.4 Å². The number of H-pyrrole nitrogens is 1. The molecule has 0 bridgehead atoms. The zero-order valence-electron chi connectivity index (χ0n) is 20.4. The molecule has 0 saturated heterocycles. The van der Waals surface area contributed by atoms with Crippen molar-refractivity contribution in [1.82, 2.24) is 14.8 Å². The molecule has 0 spiro atoms. The molecule has 1 aliphatic carbocycles. The highest BCUT2D eigenvalue weighted by molar-refractivity contribution is 6.00. The van der Waals surface area contributed by atoms with Crippen molar-refractivity contribution in [2.45, 2.75) is 51.4 Å². The summed E-state index contributed by atoms with van der Waals surface area (Å²) in [6, 6.07) is 8.48. The highest BCUT2D eigenvalue weighted by Crippen LogP contribution is 2.56. The largest absolute Gasteiger partial charge is 0.494 e. The minimum Gasteiger partial charge on any atom is -0.494 e. The van der Waals surface area contributed by atoms with Crippen LogP contribution in [0.2, 0.25) is 0 Å². The van der Waals surface area contributed by atoms with Gasteiger partial charge in [-0.25, -0.2) is 8.78 Å². The summed E-state index contributed by atoms with van der Waals surface area (Å²) in [6.07, 6.45) is 2.35. The molecule has 2 aromatic heterocycles. The van der Waals surface area contributed by atoms with E-state index in [9.17, 15) is 19.6 Å². The van der Waals surface area contributed by atoms with E-state index in [1.54, 1.807) is 19.1 Å². The molecule has 4 aromatic rings. The maximum absolute atomic E-state index is 16.2. The van der Waals surface area contributed by atoms with Crippen LogP contribution >= 0.6 is 0 Å². The first kappa shape index (κ1) is 23.8. The number of methoxy groups -OCH3 is 1. The zero-order chi connectivity index (χ0) is 26.0. The number of rotatable bonds is 6. The number of hydrogen-bond acceptors (Lipinski definition) is 4. The van der Waals surface area contributed by atoms with Crippen molar-refractivity contribution in [3.8, 4) is 17.5 Å². The number of benzene rings is 2. The summed E-state index contributed by atoms with van der Waals surface area (Å²) in [4.78, 5) is 11.9. The van der Waals surface area contributed by atoms with E-state index in [1.807, 2.05) is 24.5 Å². The van der Waals surface area contributed by atoms with Gasteiger partial charge in [-0.2, -0.15) is 10.4 Å². The van der Waals surface area contributed by atoms with Gasteiger partial charge in [-0.1, -0.05) is 13.8 Å². The fourth-order valence-corrected chi connectivity index (χ4v) is 5.64. The summed E-state index contributed by atoms with van der Waals surface area (Å²) in [6.45, 7) is 5.51. The molecule has 9 heteroatoms. The number of aromatic amines is 1. The lowest BCUT2D eigenvalue weighted by atomic mass is 9.59. The van der Waals surface area contributed by atoms with Crippen LogP contribution in [0.25, 0.3) is 27.5 Å². The summed E-state index contributed by atoms with van der Waals surface area (Å²) in [7, 11) is 1.37. The molecule has 0 unspecified atom stereocenters. The minimum atomic E-state index is -0.913. The average Bonchev–Trinajstić information content (AvgIpc) is 3.41. The monoisotopic (exact) mass is 492 g/mol. The van der Waals surface area contributed by atoms with Gasteiger partial charge in [0.15, 0.2) is 17.4 Å². The number of halogens is 2. The molecule has 0 atom stereocenters. The number of nitrogens with one attached hydrogen (secondary N) is 1. The van der Waals surface area contributed by atoms with E-state index in [2.05, 4.69) is 16.3 Å². The number of ether oxygens (including phenoxy) is 1. The summed E-state index contributed by atoms with van der Waals surface area (Å²) in [5, 5.41) is 27.0. The maximum atomic E-state index is 16.2. The summed E-state index contributed by atoms with van der Waals surface area (Å²) in [5.74, 6) is -2.11. The number of aliphatic carboxylic acids is 1. The Morgan fingerprint density at radius 3 is 2.72 bits per heavy atom. The average molecular weight is 493 g/mol. The van der Waals surface area contributed by atoms with Gasteiger partial charge >= 0.3 is 5.97 Å². The van der Waals surface area contributed by atoms with E-state index in [0.717, 1.165) is 0 Å². The molecule has 5 rings (SSSR count). The quantitative estimate of drug-likeness (QED) is 0.346. The SMILES string of the molecule is COc1cc(-n2c(C(C)(C)CC#N)c([C@H]3C[C@](C)(C(=O)O)C3)c3c(F)c4[nH]ncc4cc32)ccc1F. The van der Waals surface area contributed by atoms with Gasteiger partial charge in [0, 0.05) is 40.1 Å². The molecular formula is C27H26F2N4O3. The Kier molecular flexibility index (Phi) is 5.32. The molecule has 7 nitrogen and oxygen atoms in total. The lowest BCUT2D eigenvalue weighted by molar-refractivity contribution is -0.154. The topological polar surface area (TPSA) is 104 Å². The molecular weight excluding hydrogens is 466 g/mol. The molecule has 0 radical (unpaired) electrons. The number of aromatic nitrogens is 3. The van der Waals surface area contributed by atoms with Gasteiger partial charge in [0.2, 0.25) is 0 Å². The maximum Gasteiger partial charge on any atom is 0.309 e. The van der Waals surface area contributed by atoms with Crippen LogP contribution in [-0.4, -0.2) is 33.0 Å². The van der Waals surface area contributed by atoms with E-state index in [-0.39, 0.29) is 23.6 Å². The molecule has 2 N–H and O–H groups in total. The van der Waals surface area contributed by atoms with Crippen molar-refractivity contribution >= 4 is 27.8 Å². The fraction of sp³-hybridized carbons (Fsp3) is 0.370. The van der Waals surface area contributed by atoms with Crippen LogP contribution in [0.4, 0.5) is 8.78 Å². The highest BCUT2D eigenvalue weighted by atomic mass is 19.1. The van der Waals surface area contributed by atoms with Crippen molar-refractivity contribution in [2.24, 2.45) is 5.41 Å². The molecule has 1 saturated carbocycles. The number of nitriles is 1. The second-order valence-electron chi connectivity index (χ2n) is 10.5. The first-order valence-corrected chi connectivity index (χ1v) is 11.7. The predicted octanol–water partition coefficient (Wildman–Crippen LogP) is 5.95. The zero-order valence-corrected chi connectivity index (χ0v) is 20.4. The molecule has 1 fully saturated rings. The number of hydrogen-bond donors (Lipinski definition) is 2. The van der Waals surface area contributed by atoms with Crippen molar-refractivity contribution in [3.63, 3.8) is 0 Å². The van der Waals surface area contributed by atoms with Crippen LogP contribution in [0.1, 0.15) is 57.2 Å². The van der Waals surface area contributed by atoms with Gasteiger partial charge < -0.3 is 14.4 Å². The Morgan fingerprint density at radius 2 is 2.08 bits per heavy atom. The normalized spacial score (nSPS) is 19.9. The van der Waals surface area contributed by atoms with Gasteiger partial charge in [-0.05, 0) is 49.4 Å². The third-order valence-corrected chi connectivity index (χ3v) is 7.52. The number of carboxylic acids is 1. The van der Waals surface area contributed by atoms with Crippen molar-refractivity contribution in [2.75, 3.05) is 7.11 Å². The molecule has 1 aliphatic rings. The summed E-state index contributed by atoms with van der Waals surface area (Å²) < 4.78 is 37.6. The van der Waals surface area contributed by atoms with Crippen molar-refractivity contribution < 1.29 is 23.4 Å². The van der Waals surface area contributed by atoms with E-state index in [1.165, 1.54) is 19.4 Å². The van der Waals surface area contributed by atoms with Gasteiger partial charge in [0.05, 0.1) is 30.3 Å². The number of carboxylic acid groups (broad SMARTS) is 1. The standard InChI is InChI=1S/C27H26F2N4O3/c1-26(2,7-8-30)24-20(15-11-27(3,12-15)25(34)35)21-18(9-14-13-31-32-23(14)22(21)29)33(24)16-5-6-17(28)19(10-16)36-4/h5-6,9-10,13,15H,7,11-12H2,1-4H3,(H,31,32)(H,34,35)/t15-,27-. The van der Waals surface area contributed by atoms with Crippen LogP contribution in [0.15, 0.2) is 30.5 Å². The number of carbonyl (C=O) groups is 1. The molecule has 2 heterocycles. The van der Waals surface area contributed by atoms with Gasteiger partial charge in [-0.3, -0.25) is 9.89 Å². The van der Waals surface area contributed by atoms with Gasteiger partial charge in [-0.15, -0.1) is 0 Å². The molecule has 186 valence electrons. The highest BCUT2D eigenvalue weighted by Gasteiger charge is 2.50. The second-order valence-corrected chi connectivity index (χ2v) is 10.5. The molecule has 0 amide bonds. The van der Waals surface area contributed by atoms with Crippen LogP contribution in [-0.2, 0) is 10.2 Å². The van der Waals surface area contributed by atoms with Crippen LogP contribution in [0.5, 0.6) is 5.75 Å². The van der Waals surface area contributed by atoms with E-state index in [0.29, 0.717) is 46.1 Å². The predicted molar refractivity (Wildman–Crippen MR) is 130 cm³/mol. The smallest absolute Gasteiger partial charge is 0.309 e. The van der Waals surface area contributed by atoms with Crippen molar-refractivity contribution in [1.29, 1.82) is 5.26 Å². The Morgan fingerprint density at radius 1 is 1.36 bits per heavy atom. The van der Waals surface area contributed by atoms with Crippen molar-refractivity contribution in [3.05, 3.63) is 53.4 Å². The fourth-order valence-electron chi connectivity index (χ4n) is 5.64. The van der Waals surface area contributed by atoms with Gasteiger partial charge in [0.1, 0.15) is 5.52 Å². The summed E-state index contributed by atoms with van der Waals surface area (Å²) in [5.41, 5.74) is 1.07. The molecule has 0 aliphatic heterocycles. The van der Waals surface area contributed by atoms with Crippen LogP contribution in [0.3, 0.4) is 0 Å². The third kappa shape index (κ3) is 3.35. The van der Waals surface area contributed by atoms with E-state index >= 15 is 4.39 Å². The Labute approximate surface area is 206 Å². The van der Waals surface area contributed by atoms with Gasteiger partial charge in [0.25, 0.3) is 0 Å². The Bertz CT molecular complexity index is 1570. The Hall–Kier alpha value is -3.93. The Balaban J connectivity index is 1.92. The second kappa shape index (κ2) is 8.05. The summed E-state index contributed by atoms with van der Waals surface area (Å²) >= 11 is 0. The number of nitrogens with zero attached hydrogens (tertiary/aromatic N) is 3. The third-order valence-electron chi connectivity index (χ3n) is 7.52. The minimum absolute atomic E-state index is 0.0342. The number of fused-ring (bicyclic) bond motifs is 2. The lowest BCUT2D eigenvalue weighted by Crippen LogP contribution is -2.41. The lowest BCUT2D eigenvalue weighted by Gasteiger charge is -2.43. The van der Waals surface area contributed by atoms with Crippen LogP contribution < -0.4 is 4.74 Å². The first-order valence-electron chi connectivity index (χ1n) is 11.7. The first-order chi connectivity index (χ1) is 17.0. The van der Waals surface area contributed by atoms with E-state index in [4.69, 9.17) is 4.74 Å². The van der Waals surface area contributed by atoms with Crippen LogP contribution in [0, 0.1) is 28.4 Å².